The summed E-state index contributed by atoms with van der Waals surface area (Å²) in [6.45, 7) is 2.20. The molecule has 1 N–H and O–H groups in total. The van der Waals surface area contributed by atoms with Crippen LogP contribution < -0.4 is 5.32 Å². The predicted molar refractivity (Wildman–Crippen MR) is 109 cm³/mol. The average Bonchev–Trinajstić information content (AvgIpc) is 3.06. The van der Waals surface area contributed by atoms with Gasteiger partial charge in [-0.2, -0.15) is 4.98 Å². The zero-order valence-electron chi connectivity index (χ0n) is 15.4. The summed E-state index contributed by atoms with van der Waals surface area (Å²) in [7, 11) is 0. The fourth-order valence-corrected chi connectivity index (χ4v) is 4.72. The van der Waals surface area contributed by atoms with Crippen molar-refractivity contribution in [2.75, 3.05) is 11.1 Å². The van der Waals surface area contributed by atoms with Crippen molar-refractivity contribution in [3.05, 3.63) is 46.1 Å². The molecule has 27 heavy (non-hydrogen) atoms. The molecule has 4 rings (SSSR count). The van der Waals surface area contributed by atoms with Crippen LogP contribution in [0.3, 0.4) is 0 Å². The quantitative estimate of drug-likeness (QED) is 0.529. The molecule has 2 aromatic rings. The molecule has 0 radical (unpaired) electrons. The number of benzene rings is 1. The molecule has 0 unspecified atom stereocenters. The molecule has 1 aliphatic carbocycles. The number of thioether (sulfide) groups is 1. The Kier molecular flexibility index (Phi) is 5.55. The number of hydrogen-bond acceptors (Lipinski definition) is 5. The van der Waals surface area contributed by atoms with E-state index in [9.17, 15) is 4.79 Å². The Morgan fingerprint density at radius 1 is 1.33 bits per heavy atom. The number of carbonyl (C=O) groups excluding carboxylic acids is 1. The molecule has 1 aliphatic heterocycles. The number of unbranched alkanes of at least 4 members (excludes halogenated alkanes) is 2. The smallest absolute Gasteiger partial charge is 0.227 e. The molecule has 1 aromatic carbocycles. The van der Waals surface area contributed by atoms with E-state index in [0.29, 0.717) is 17.4 Å². The van der Waals surface area contributed by atoms with E-state index in [1.165, 1.54) is 12.8 Å². The maximum absolute atomic E-state index is 12.8. The van der Waals surface area contributed by atoms with Gasteiger partial charge in [0.05, 0.1) is 0 Å². The molecule has 2 heterocycles. The van der Waals surface area contributed by atoms with E-state index in [0.717, 1.165) is 47.0 Å². The number of nitrogens with one attached hydrogen (secondary N) is 1. The highest BCUT2D eigenvalue weighted by molar-refractivity contribution is 7.99. The molecule has 1 atom stereocenters. The van der Waals surface area contributed by atoms with E-state index >= 15 is 0 Å². The summed E-state index contributed by atoms with van der Waals surface area (Å²) in [6.07, 6.45) is 5.90. The predicted octanol–water partition coefficient (Wildman–Crippen LogP) is 5.24. The first kappa shape index (κ1) is 18.6. The number of ketones is 1. The van der Waals surface area contributed by atoms with Gasteiger partial charge in [-0.3, -0.25) is 4.79 Å². The zero-order chi connectivity index (χ0) is 18.8. The van der Waals surface area contributed by atoms with E-state index < -0.39 is 0 Å². The second kappa shape index (κ2) is 8.07. The lowest BCUT2D eigenvalue weighted by Gasteiger charge is -2.32. The molecule has 2 aliphatic rings. The topological polar surface area (TPSA) is 59.8 Å². The highest BCUT2D eigenvalue weighted by Gasteiger charge is 2.36. The van der Waals surface area contributed by atoms with Crippen molar-refractivity contribution in [1.29, 1.82) is 0 Å². The van der Waals surface area contributed by atoms with Gasteiger partial charge in [0.2, 0.25) is 11.1 Å². The van der Waals surface area contributed by atoms with Crippen LogP contribution in [0, 0.1) is 0 Å². The Morgan fingerprint density at radius 2 is 2.22 bits per heavy atom. The zero-order valence-corrected chi connectivity index (χ0v) is 16.9. The van der Waals surface area contributed by atoms with Gasteiger partial charge >= 0.3 is 0 Å². The van der Waals surface area contributed by atoms with Crippen molar-refractivity contribution in [3.63, 3.8) is 0 Å². The van der Waals surface area contributed by atoms with Crippen LogP contribution in [0.15, 0.2) is 40.7 Å². The number of fused-ring (bicyclic) bond motifs is 1. The fraction of sp³-hybridized carbons (Fsp3) is 0.450. The van der Waals surface area contributed by atoms with Crippen LogP contribution in [0.1, 0.15) is 57.1 Å². The van der Waals surface area contributed by atoms with Gasteiger partial charge in [-0.25, -0.2) is 4.68 Å². The lowest BCUT2D eigenvalue weighted by molar-refractivity contribution is -0.116. The first-order valence-corrected chi connectivity index (χ1v) is 10.9. The van der Waals surface area contributed by atoms with Crippen LogP contribution in [0.4, 0.5) is 5.95 Å². The van der Waals surface area contributed by atoms with Gasteiger partial charge in [0.1, 0.15) is 6.04 Å². The molecule has 0 saturated heterocycles. The third kappa shape index (κ3) is 3.78. The van der Waals surface area contributed by atoms with Gasteiger partial charge < -0.3 is 5.32 Å². The van der Waals surface area contributed by atoms with Crippen LogP contribution in [0.25, 0.3) is 0 Å². The molecule has 0 fully saturated rings. The minimum absolute atomic E-state index is 0.187. The summed E-state index contributed by atoms with van der Waals surface area (Å²) >= 11 is 7.92. The number of allylic oxidation sites excluding steroid dienone is 2. The summed E-state index contributed by atoms with van der Waals surface area (Å²) in [4.78, 5) is 17.4. The molecule has 0 saturated carbocycles. The monoisotopic (exact) mass is 402 g/mol. The maximum atomic E-state index is 12.8. The van der Waals surface area contributed by atoms with Crippen LogP contribution in [0.5, 0.6) is 0 Å². The SMILES string of the molecule is CCCCCSc1nc2n(n1)[C@@H](c1cccc(Cl)c1)C1=C(CCCC1=O)N2. The summed E-state index contributed by atoms with van der Waals surface area (Å²) in [5.74, 6) is 1.91. The standard InChI is InChI=1S/C20H23ClN4OS/c1-2-3-4-11-27-20-23-19-22-15-9-6-10-16(26)17(15)18(25(19)24-20)13-7-5-8-14(21)12-13/h5,7-8,12,18H,2-4,6,9-11H2,1H3,(H,22,23,24)/t18-/m0/s1. The Hall–Kier alpha value is -1.79. The average molecular weight is 403 g/mol. The molecule has 0 amide bonds. The Balaban J connectivity index is 1.71. The van der Waals surface area contributed by atoms with Gasteiger partial charge in [0.15, 0.2) is 5.78 Å². The van der Waals surface area contributed by atoms with Crippen LogP contribution in [-0.4, -0.2) is 26.3 Å². The van der Waals surface area contributed by atoms with Gasteiger partial charge in [0, 0.05) is 28.5 Å². The summed E-state index contributed by atoms with van der Waals surface area (Å²) in [5.41, 5.74) is 2.77. The Bertz CT molecular complexity index is 892. The highest BCUT2D eigenvalue weighted by Crippen LogP contribution is 2.41. The summed E-state index contributed by atoms with van der Waals surface area (Å²) < 4.78 is 1.86. The molecule has 1 aromatic heterocycles. The highest BCUT2D eigenvalue weighted by atomic mass is 35.5. The van der Waals surface area contributed by atoms with E-state index in [2.05, 4.69) is 17.2 Å². The minimum atomic E-state index is -0.264. The fourth-order valence-electron chi connectivity index (χ4n) is 3.70. The van der Waals surface area contributed by atoms with E-state index in [1.807, 2.05) is 28.9 Å². The van der Waals surface area contributed by atoms with Gasteiger partial charge in [0.25, 0.3) is 0 Å². The number of hydrogen-bond donors (Lipinski definition) is 1. The molecule has 142 valence electrons. The third-order valence-electron chi connectivity index (χ3n) is 4.99. The second-order valence-corrected chi connectivity index (χ2v) is 8.47. The maximum Gasteiger partial charge on any atom is 0.227 e. The Labute approximate surface area is 168 Å². The van der Waals surface area contributed by atoms with Crippen molar-refractivity contribution < 1.29 is 4.79 Å². The first-order chi connectivity index (χ1) is 13.2. The lowest BCUT2D eigenvalue weighted by atomic mass is 9.85. The second-order valence-electron chi connectivity index (χ2n) is 6.97. The van der Waals surface area contributed by atoms with E-state index in [4.69, 9.17) is 16.7 Å². The third-order valence-corrected chi connectivity index (χ3v) is 6.15. The lowest BCUT2D eigenvalue weighted by Crippen LogP contribution is -2.31. The number of Topliss-reactive ketones (excluding diaryl/α,β-unsaturated/α-hetero) is 1. The molecule has 0 spiro atoms. The number of halogens is 1. The van der Waals surface area contributed by atoms with Crippen molar-refractivity contribution in [3.8, 4) is 0 Å². The first-order valence-electron chi connectivity index (χ1n) is 9.55. The molecular weight excluding hydrogens is 380 g/mol. The normalized spacial score (nSPS) is 18.9. The van der Waals surface area contributed by atoms with Gasteiger partial charge in [-0.05, 0) is 37.0 Å². The van der Waals surface area contributed by atoms with Gasteiger partial charge in [-0.15, -0.1) is 5.10 Å². The number of nitrogens with zero attached hydrogens (tertiary/aromatic N) is 3. The van der Waals surface area contributed by atoms with E-state index in [1.54, 1.807) is 11.8 Å². The van der Waals surface area contributed by atoms with Crippen LogP contribution in [-0.2, 0) is 4.79 Å². The van der Waals surface area contributed by atoms with Crippen LogP contribution in [0.2, 0.25) is 5.02 Å². The van der Waals surface area contributed by atoms with Gasteiger partial charge in [-0.1, -0.05) is 55.3 Å². The van der Waals surface area contributed by atoms with Crippen molar-refractivity contribution >= 4 is 35.1 Å². The molecule has 5 nitrogen and oxygen atoms in total. The van der Waals surface area contributed by atoms with Crippen LogP contribution >= 0.6 is 23.4 Å². The number of aromatic nitrogens is 3. The Morgan fingerprint density at radius 3 is 3.04 bits per heavy atom. The largest absolute Gasteiger partial charge is 0.328 e. The number of anilines is 1. The molecule has 0 bridgehead atoms. The summed E-state index contributed by atoms with van der Waals surface area (Å²) in [6, 6.07) is 7.43. The van der Waals surface area contributed by atoms with E-state index in [-0.39, 0.29) is 11.8 Å². The number of carbonyl (C=O) groups is 1. The molecule has 7 heteroatoms. The summed E-state index contributed by atoms with van der Waals surface area (Å²) in [5, 5.41) is 9.52. The molecular formula is C20H23ClN4OS. The van der Waals surface area contributed by atoms with Crippen molar-refractivity contribution in [2.24, 2.45) is 0 Å². The van der Waals surface area contributed by atoms with Crippen molar-refractivity contribution in [2.45, 2.75) is 56.6 Å². The van der Waals surface area contributed by atoms with Crippen molar-refractivity contribution in [1.82, 2.24) is 14.8 Å². The number of rotatable bonds is 6. The minimum Gasteiger partial charge on any atom is -0.328 e.